The van der Waals surface area contributed by atoms with Crippen molar-refractivity contribution in [3.05, 3.63) is 23.9 Å². The van der Waals surface area contributed by atoms with Crippen molar-refractivity contribution < 1.29 is 9.05 Å². The average molecular weight is 209 g/mol. The number of hydrogen-bond acceptors (Lipinski definition) is 7. The first-order valence-corrected chi connectivity index (χ1v) is 4.60. The highest BCUT2D eigenvalue weighted by molar-refractivity contribution is 4.84. The third-order valence-corrected chi connectivity index (χ3v) is 1.79. The molecule has 80 valence electrons. The molecule has 0 aliphatic rings. The number of hydrogen-bond donors (Lipinski definition) is 1. The van der Waals surface area contributed by atoms with Gasteiger partial charge in [-0.1, -0.05) is 10.3 Å². The molecule has 1 N–H and O–H groups in total. The molecule has 0 amide bonds. The van der Waals surface area contributed by atoms with Gasteiger partial charge in [0.25, 0.3) is 0 Å². The third kappa shape index (κ3) is 2.84. The molecule has 0 aliphatic carbocycles. The lowest BCUT2D eigenvalue weighted by Gasteiger charge is -1.97. The average Bonchev–Trinajstić information content (AvgIpc) is 2.84. The molecule has 0 atom stereocenters. The lowest BCUT2D eigenvalue weighted by molar-refractivity contribution is 0.385. The van der Waals surface area contributed by atoms with Crippen LogP contribution in [-0.4, -0.2) is 26.8 Å². The van der Waals surface area contributed by atoms with E-state index in [0.29, 0.717) is 30.5 Å². The molecular weight excluding hydrogens is 198 g/mol. The Balaban J connectivity index is 1.67. The molecule has 0 saturated carbocycles. The van der Waals surface area contributed by atoms with Crippen molar-refractivity contribution in [3.63, 3.8) is 0 Å². The van der Waals surface area contributed by atoms with E-state index >= 15 is 0 Å². The Morgan fingerprint density at radius 3 is 2.93 bits per heavy atom. The second-order valence-corrected chi connectivity index (χ2v) is 3.00. The molecule has 0 aliphatic heterocycles. The van der Waals surface area contributed by atoms with Crippen LogP contribution in [0.15, 0.2) is 15.4 Å². The second-order valence-electron chi connectivity index (χ2n) is 3.00. The van der Waals surface area contributed by atoms with E-state index in [4.69, 9.17) is 4.52 Å². The van der Waals surface area contributed by atoms with Gasteiger partial charge in [0.05, 0.1) is 6.54 Å². The van der Waals surface area contributed by atoms with E-state index in [1.54, 1.807) is 6.92 Å². The fourth-order valence-electron chi connectivity index (χ4n) is 1.12. The molecule has 0 fully saturated rings. The fraction of sp³-hybridized carbons (Fsp3) is 0.500. The predicted molar refractivity (Wildman–Crippen MR) is 48.7 cm³/mol. The summed E-state index contributed by atoms with van der Waals surface area (Å²) in [6.07, 6.45) is 2.03. The smallest absolute Gasteiger partial charge is 0.223 e. The minimum Gasteiger partial charge on any atom is -0.343 e. The van der Waals surface area contributed by atoms with E-state index in [-0.39, 0.29) is 0 Å². The Kier molecular flexibility index (Phi) is 3.03. The number of nitrogens with zero attached hydrogens (tertiary/aromatic N) is 4. The number of aromatic nitrogens is 4. The summed E-state index contributed by atoms with van der Waals surface area (Å²) in [5.41, 5.74) is 0. The first kappa shape index (κ1) is 9.78. The Labute approximate surface area is 85.9 Å². The van der Waals surface area contributed by atoms with E-state index < -0.39 is 0 Å². The van der Waals surface area contributed by atoms with Crippen LogP contribution in [0.2, 0.25) is 0 Å². The van der Waals surface area contributed by atoms with Gasteiger partial charge >= 0.3 is 0 Å². The quantitative estimate of drug-likeness (QED) is 0.698. The molecule has 0 bridgehead atoms. The molecule has 2 aromatic heterocycles. The van der Waals surface area contributed by atoms with E-state index in [2.05, 4.69) is 30.1 Å². The largest absolute Gasteiger partial charge is 0.343 e. The van der Waals surface area contributed by atoms with Gasteiger partial charge in [0.15, 0.2) is 11.6 Å². The summed E-state index contributed by atoms with van der Waals surface area (Å²) in [5.74, 6) is 1.91. The highest BCUT2D eigenvalue weighted by Gasteiger charge is 2.02. The van der Waals surface area contributed by atoms with Crippen LogP contribution in [0.4, 0.5) is 0 Å². The number of nitrogens with one attached hydrogen (secondary N) is 1. The van der Waals surface area contributed by atoms with Gasteiger partial charge in [-0.15, -0.1) is 0 Å². The molecule has 2 heterocycles. The Bertz CT molecular complexity index is 397. The molecule has 7 heteroatoms. The van der Waals surface area contributed by atoms with Gasteiger partial charge < -0.3 is 14.4 Å². The van der Waals surface area contributed by atoms with Gasteiger partial charge in [-0.3, -0.25) is 0 Å². The number of rotatable bonds is 5. The van der Waals surface area contributed by atoms with Crippen LogP contribution in [0.25, 0.3) is 0 Å². The molecule has 0 aromatic carbocycles. The maximum Gasteiger partial charge on any atom is 0.223 e. The summed E-state index contributed by atoms with van der Waals surface area (Å²) in [5, 5.41) is 10.6. The van der Waals surface area contributed by atoms with Crippen LogP contribution in [-0.2, 0) is 13.0 Å². The summed E-state index contributed by atoms with van der Waals surface area (Å²) in [6.45, 7) is 3.08. The van der Waals surface area contributed by atoms with Crippen LogP contribution in [0.3, 0.4) is 0 Å². The Hall–Kier alpha value is -1.76. The van der Waals surface area contributed by atoms with Crippen LogP contribution >= 0.6 is 0 Å². The van der Waals surface area contributed by atoms with E-state index in [9.17, 15) is 0 Å². The molecule has 15 heavy (non-hydrogen) atoms. The zero-order valence-corrected chi connectivity index (χ0v) is 8.30. The van der Waals surface area contributed by atoms with Crippen molar-refractivity contribution in [1.29, 1.82) is 0 Å². The monoisotopic (exact) mass is 209 g/mol. The highest BCUT2D eigenvalue weighted by Crippen LogP contribution is 1.94. The van der Waals surface area contributed by atoms with E-state index in [0.717, 1.165) is 6.54 Å². The summed E-state index contributed by atoms with van der Waals surface area (Å²) in [4.78, 5) is 7.95. The molecule has 2 aromatic rings. The topological polar surface area (TPSA) is 89.9 Å². The second kappa shape index (κ2) is 4.65. The van der Waals surface area contributed by atoms with Gasteiger partial charge in [-0.25, -0.2) is 0 Å². The molecule has 0 radical (unpaired) electrons. The zero-order chi connectivity index (χ0) is 10.5. The fourth-order valence-corrected chi connectivity index (χ4v) is 1.12. The Morgan fingerprint density at radius 1 is 1.33 bits per heavy atom. The van der Waals surface area contributed by atoms with Crippen LogP contribution in [0.1, 0.15) is 17.5 Å². The van der Waals surface area contributed by atoms with Crippen molar-refractivity contribution in [3.8, 4) is 0 Å². The molecule has 0 saturated heterocycles. The molecule has 2 rings (SSSR count). The minimum atomic E-state index is 0.574. The highest BCUT2D eigenvalue weighted by atomic mass is 16.5. The first-order chi connectivity index (χ1) is 7.34. The van der Waals surface area contributed by atoms with Crippen molar-refractivity contribution in [2.24, 2.45) is 0 Å². The van der Waals surface area contributed by atoms with Crippen molar-refractivity contribution in [2.75, 3.05) is 6.54 Å². The summed E-state index contributed by atoms with van der Waals surface area (Å²) < 4.78 is 9.43. The molecule has 0 spiro atoms. The maximum atomic E-state index is 4.83. The predicted octanol–water partition coefficient (Wildman–Crippen LogP) is 0.0933. The van der Waals surface area contributed by atoms with Crippen LogP contribution in [0, 0.1) is 6.92 Å². The lowest BCUT2D eigenvalue weighted by atomic mass is 10.4. The standard InChI is InChI=1S/C8H11N5O2/c1-6-11-8(13-15-6)4-9-3-2-7-10-5-14-12-7/h5,9H,2-4H2,1H3. The van der Waals surface area contributed by atoms with Gasteiger partial charge in [0, 0.05) is 19.9 Å². The summed E-state index contributed by atoms with van der Waals surface area (Å²) in [6, 6.07) is 0. The van der Waals surface area contributed by atoms with Crippen molar-refractivity contribution >= 4 is 0 Å². The van der Waals surface area contributed by atoms with E-state index in [1.165, 1.54) is 6.39 Å². The Morgan fingerprint density at radius 2 is 2.27 bits per heavy atom. The van der Waals surface area contributed by atoms with Crippen molar-refractivity contribution in [1.82, 2.24) is 25.6 Å². The van der Waals surface area contributed by atoms with Gasteiger partial charge in [-0.2, -0.15) is 9.97 Å². The van der Waals surface area contributed by atoms with E-state index in [1.807, 2.05) is 0 Å². The third-order valence-electron chi connectivity index (χ3n) is 1.79. The summed E-state index contributed by atoms with van der Waals surface area (Å²) >= 11 is 0. The first-order valence-electron chi connectivity index (χ1n) is 4.60. The molecular formula is C8H11N5O2. The van der Waals surface area contributed by atoms with Gasteiger partial charge in [0.1, 0.15) is 0 Å². The van der Waals surface area contributed by atoms with Gasteiger partial charge in [-0.05, 0) is 0 Å². The van der Waals surface area contributed by atoms with Gasteiger partial charge in [0.2, 0.25) is 12.3 Å². The molecule has 7 nitrogen and oxygen atoms in total. The maximum absolute atomic E-state index is 4.83. The minimum absolute atomic E-state index is 0.574. The van der Waals surface area contributed by atoms with Crippen LogP contribution < -0.4 is 5.32 Å². The lowest BCUT2D eigenvalue weighted by Crippen LogP contribution is -2.17. The number of aryl methyl sites for hydroxylation is 1. The zero-order valence-electron chi connectivity index (χ0n) is 8.30. The SMILES string of the molecule is Cc1nc(CNCCc2ncon2)no1. The molecule has 0 unspecified atom stereocenters. The van der Waals surface area contributed by atoms with Crippen LogP contribution in [0.5, 0.6) is 0 Å². The summed E-state index contributed by atoms with van der Waals surface area (Å²) in [7, 11) is 0. The van der Waals surface area contributed by atoms with Crippen molar-refractivity contribution in [2.45, 2.75) is 19.9 Å². The normalized spacial score (nSPS) is 10.7.